The standard InChI is InChI=1S/C14H11NO2/c16-9-10-5-6-14-12(7-10)15-8-11-3-1-2-4-13(11)17-14/h2,4-9H,1,3H2. The Morgan fingerprint density at radius 3 is 3.18 bits per heavy atom. The highest BCUT2D eigenvalue weighted by Crippen LogP contribution is 2.34. The van der Waals surface area contributed by atoms with Crippen molar-refractivity contribution in [2.45, 2.75) is 12.8 Å². The highest BCUT2D eigenvalue weighted by molar-refractivity contribution is 5.86. The Morgan fingerprint density at radius 2 is 2.29 bits per heavy atom. The molecule has 1 aromatic rings. The highest BCUT2D eigenvalue weighted by Gasteiger charge is 2.14. The van der Waals surface area contributed by atoms with Crippen LogP contribution in [0.25, 0.3) is 0 Å². The summed E-state index contributed by atoms with van der Waals surface area (Å²) in [7, 11) is 0. The number of fused-ring (bicyclic) bond motifs is 1. The quantitative estimate of drug-likeness (QED) is 0.688. The van der Waals surface area contributed by atoms with Crippen molar-refractivity contribution in [3.63, 3.8) is 0 Å². The van der Waals surface area contributed by atoms with E-state index < -0.39 is 0 Å². The van der Waals surface area contributed by atoms with Gasteiger partial charge in [-0.3, -0.25) is 9.79 Å². The molecule has 0 fully saturated rings. The maximum atomic E-state index is 10.7. The first-order valence-corrected chi connectivity index (χ1v) is 5.57. The molecule has 1 aromatic carbocycles. The number of rotatable bonds is 1. The van der Waals surface area contributed by atoms with Gasteiger partial charge in [0.25, 0.3) is 0 Å². The minimum absolute atomic E-state index is 0.611. The molecule has 0 amide bonds. The van der Waals surface area contributed by atoms with Crippen LogP contribution in [-0.4, -0.2) is 12.5 Å². The number of aliphatic imine (C=N–C) groups is 1. The molecule has 3 nitrogen and oxygen atoms in total. The molecule has 3 heteroatoms. The molecule has 2 aliphatic rings. The van der Waals surface area contributed by atoms with Crippen LogP contribution >= 0.6 is 0 Å². The minimum Gasteiger partial charge on any atom is -0.455 e. The smallest absolute Gasteiger partial charge is 0.153 e. The lowest BCUT2D eigenvalue weighted by Gasteiger charge is -2.12. The van der Waals surface area contributed by atoms with Crippen LogP contribution in [0, 0.1) is 0 Å². The largest absolute Gasteiger partial charge is 0.455 e. The molecular formula is C14H11NO2. The van der Waals surface area contributed by atoms with E-state index in [4.69, 9.17) is 4.74 Å². The van der Waals surface area contributed by atoms with E-state index >= 15 is 0 Å². The SMILES string of the molecule is O=Cc1ccc2c(c1)N=CC1=C(C=CCC1)O2. The Morgan fingerprint density at radius 1 is 1.35 bits per heavy atom. The van der Waals surface area contributed by atoms with E-state index in [0.717, 1.165) is 30.5 Å². The molecule has 17 heavy (non-hydrogen) atoms. The molecule has 84 valence electrons. The van der Waals surface area contributed by atoms with Gasteiger partial charge >= 0.3 is 0 Å². The van der Waals surface area contributed by atoms with E-state index in [9.17, 15) is 4.79 Å². The lowest BCUT2D eigenvalue weighted by molar-refractivity contribution is 0.112. The Bertz CT molecular complexity index is 568. The van der Waals surface area contributed by atoms with E-state index in [1.807, 2.05) is 12.3 Å². The van der Waals surface area contributed by atoms with Gasteiger partial charge in [0.1, 0.15) is 17.7 Å². The van der Waals surface area contributed by atoms with Crippen LogP contribution in [0.5, 0.6) is 5.75 Å². The van der Waals surface area contributed by atoms with Crippen molar-refractivity contribution >= 4 is 18.2 Å². The van der Waals surface area contributed by atoms with Crippen molar-refractivity contribution in [3.05, 3.63) is 47.2 Å². The van der Waals surface area contributed by atoms with Gasteiger partial charge in [0.05, 0.1) is 0 Å². The monoisotopic (exact) mass is 225 g/mol. The van der Waals surface area contributed by atoms with Gasteiger partial charge in [-0.1, -0.05) is 6.08 Å². The zero-order chi connectivity index (χ0) is 11.7. The second-order valence-electron chi connectivity index (χ2n) is 4.04. The fourth-order valence-electron chi connectivity index (χ4n) is 1.95. The summed E-state index contributed by atoms with van der Waals surface area (Å²) in [5.74, 6) is 1.56. The molecule has 0 radical (unpaired) electrons. The summed E-state index contributed by atoms with van der Waals surface area (Å²) < 4.78 is 5.81. The van der Waals surface area contributed by atoms with Crippen LogP contribution in [0.3, 0.4) is 0 Å². The van der Waals surface area contributed by atoms with Crippen LogP contribution < -0.4 is 4.74 Å². The predicted octanol–water partition coefficient (Wildman–Crippen LogP) is 3.20. The summed E-state index contributed by atoms with van der Waals surface area (Å²) >= 11 is 0. The summed E-state index contributed by atoms with van der Waals surface area (Å²) in [6, 6.07) is 5.26. The molecule has 0 aromatic heterocycles. The Labute approximate surface area is 99.1 Å². The number of carbonyl (C=O) groups is 1. The summed E-state index contributed by atoms with van der Waals surface area (Å²) in [4.78, 5) is 15.1. The third kappa shape index (κ3) is 1.80. The van der Waals surface area contributed by atoms with Crippen LogP contribution in [0.4, 0.5) is 5.69 Å². The van der Waals surface area contributed by atoms with Crippen molar-refractivity contribution in [2.75, 3.05) is 0 Å². The highest BCUT2D eigenvalue weighted by atomic mass is 16.5. The summed E-state index contributed by atoms with van der Waals surface area (Å²) in [5.41, 5.74) is 2.42. The van der Waals surface area contributed by atoms with Gasteiger partial charge in [0.2, 0.25) is 0 Å². The van der Waals surface area contributed by atoms with Gasteiger partial charge in [0.15, 0.2) is 5.75 Å². The molecule has 0 bridgehead atoms. The third-order valence-corrected chi connectivity index (χ3v) is 2.86. The van der Waals surface area contributed by atoms with Crippen LogP contribution in [0.2, 0.25) is 0 Å². The Hall–Kier alpha value is -2.16. The number of ether oxygens (including phenoxy) is 1. The molecule has 0 saturated carbocycles. The topological polar surface area (TPSA) is 38.7 Å². The van der Waals surface area contributed by atoms with Gasteiger partial charge in [-0.15, -0.1) is 0 Å². The molecule has 0 N–H and O–H groups in total. The minimum atomic E-state index is 0.611. The summed E-state index contributed by atoms with van der Waals surface area (Å²) in [6.45, 7) is 0. The molecular weight excluding hydrogens is 214 g/mol. The van der Waals surface area contributed by atoms with Gasteiger partial charge in [0, 0.05) is 17.4 Å². The summed E-state index contributed by atoms with van der Waals surface area (Å²) in [6.07, 6.45) is 8.69. The average molecular weight is 225 g/mol. The number of allylic oxidation sites excluding steroid dienone is 3. The van der Waals surface area contributed by atoms with E-state index in [1.54, 1.807) is 18.2 Å². The number of carbonyl (C=O) groups excluding carboxylic acids is 1. The predicted molar refractivity (Wildman–Crippen MR) is 66.0 cm³/mol. The van der Waals surface area contributed by atoms with Crippen LogP contribution in [-0.2, 0) is 0 Å². The van der Waals surface area contributed by atoms with E-state index in [-0.39, 0.29) is 0 Å². The second-order valence-corrected chi connectivity index (χ2v) is 4.04. The molecule has 1 aliphatic heterocycles. The molecule has 1 heterocycles. The van der Waals surface area contributed by atoms with Crippen LogP contribution in [0.15, 0.2) is 46.7 Å². The van der Waals surface area contributed by atoms with Gasteiger partial charge in [-0.25, -0.2) is 0 Å². The fraction of sp³-hybridized carbons (Fsp3) is 0.143. The van der Waals surface area contributed by atoms with Crippen LogP contribution in [0.1, 0.15) is 23.2 Å². The number of hydrogen-bond donors (Lipinski definition) is 0. The second kappa shape index (κ2) is 4.01. The molecule has 0 unspecified atom stereocenters. The van der Waals surface area contributed by atoms with Crippen molar-refractivity contribution in [1.29, 1.82) is 0 Å². The third-order valence-electron chi connectivity index (χ3n) is 2.86. The number of hydrogen-bond acceptors (Lipinski definition) is 3. The van der Waals surface area contributed by atoms with Gasteiger partial charge in [-0.05, 0) is 37.1 Å². The first-order valence-electron chi connectivity index (χ1n) is 5.57. The van der Waals surface area contributed by atoms with Crippen molar-refractivity contribution in [2.24, 2.45) is 4.99 Å². The molecule has 3 rings (SSSR count). The van der Waals surface area contributed by atoms with E-state index in [0.29, 0.717) is 17.0 Å². The molecule has 0 saturated heterocycles. The van der Waals surface area contributed by atoms with E-state index in [2.05, 4.69) is 11.1 Å². The van der Waals surface area contributed by atoms with E-state index in [1.165, 1.54) is 0 Å². The Balaban J connectivity index is 2.06. The lowest BCUT2D eigenvalue weighted by atomic mass is 10.0. The first kappa shape index (κ1) is 10.0. The maximum absolute atomic E-state index is 10.7. The molecule has 0 atom stereocenters. The average Bonchev–Trinajstić information content (AvgIpc) is 2.57. The lowest BCUT2D eigenvalue weighted by Crippen LogP contribution is -2.01. The van der Waals surface area contributed by atoms with Crippen molar-refractivity contribution in [3.8, 4) is 5.75 Å². The zero-order valence-corrected chi connectivity index (χ0v) is 9.22. The number of benzene rings is 1. The zero-order valence-electron chi connectivity index (χ0n) is 9.22. The fourth-order valence-corrected chi connectivity index (χ4v) is 1.95. The summed E-state index contributed by atoms with van der Waals surface area (Å²) in [5, 5.41) is 0. The van der Waals surface area contributed by atoms with Gasteiger partial charge in [-0.2, -0.15) is 0 Å². The van der Waals surface area contributed by atoms with Gasteiger partial charge < -0.3 is 4.74 Å². The van der Waals surface area contributed by atoms with Crippen molar-refractivity contribution in [1.82, 2.24) is 0 Å². The molecule has 1 aliphatic carbocycles. The first-order chi connectivity index (χ1) is 8.36. The number of nitrogens with zero attached hydrogens (tertiary/aromatic N) is 1. The number of aldehydes is 1. The molecule has 0 spiro atoms. The Kier molecular flexibility index (Phi) is 2.37. The maximum Gasteiger partial charge on any atom is 0.153 e. The normalized spacial score (nSPS) is 16.9. The van der Waals surface area contributed by atoms with Crippen molar-refractivity contribution < 1.29 is 9.53 Å².